The van der Waals surface area contributed by atoms with E-state index in [9.17, 15) is 14.9 Å². The van der Waals surface area contributed by atoms with Gasteiger partial charge in [0.15, 0.2) is 11.5 Å². The highest BCUT2D eigenvalue weighted by Gasteiger charge is 2.19. The number of nitrogens with one attached hydrogen (secondary N) is 2. The summed E-state index contributed by atoms with van der Waals surface area (Å²) in [7, 11) is 1.42. The van der Waals surface area contributed by atoms with E-state index in [2.05, 4.69) is 10.6 Å². The highest BCUT2D eigenvalue weighted by atomic mass is 16.6. The number of nitro benzene ring substituents is 1. The van der Waals surface area contributed by atoms with Gasteiger partial charge in [-0.1, -0.05) is 0 Å². The van der Waals surface area contributed by atoms with Crippen molar-refractivity contribution >= 4 is 23.0 Å². The van der Waals surface area contributed by atoms with E-state index in [1.54, 1.807) is 25.1 Å². The molecule has 0 unspecified atom stereocenters. The average molecular weight is 373 g/mol. The lowest BCUT2D eigenvalue weighted by molar-refractivity contribution is -0.384. The Labute approximate surface area is 155 Å². The third kappa shape index (κ3) is 4.20. The van der Waals surface area contributed by atoms with Crippen LogP contribution in [0.4, 0.5) is 17.1 Å². The van der Waals surface area contributed by atoms with E-state index in [1.165, 1.54) is 25.3 Å². The first-order valence-corrected chi connectivity index (χ1v) is 8.27. The maximum Gasteiger partial charge on any atom is 0.271 e. The van der Waals surface area contributed by atoms with Crippen molar-refractivity contribution in [3.63, 3.8) is 0 Å². The Balaban J connectivity index is 1.71. The Hall–Kier alpha value is -3.49. The molecule has 1 aliphatic heterocycles. The number of amides is 1. The fourth-order valence-corrected chi connectivity index (χ4v) is 2.60. The van der Waals surface area contributed by atoms with Crippen LogP contribution in [0.15, 0.2) is 36.4 Å². The second-order valence-electron chi connectivity index (χ2n) is 5.86. The molecule has 1 heterocycles. The summed E-state index contributed by atoms with van der Waals surface area (Å²) in [5, 5.41) is 16.7. The van der Waals surface area contributed by atoms with E-state index < -0.39 is 11.0 Å². The Morgan fingerprint density at radius 3 is 2.63 bits per heavy atom. The van der Waals surface area contributed by atoms with Crippen molar-refractivity contribution in [1.29, 1.82) is 0 Å². The number of methoxy groups -OCH3 is 1. The molecule has 27 heavy (non-hydrogen) atoms. The van der Waals surface area contributed by atoms with Gasteiger partial charge in [0, 0.05) is 23.9 Å². The fraction of sp³-hybridized carbons (Fsp3) is 0.278. The number of anilines is 2. The Morgan fingerprint density at radius 2 is 1.93 bits per heavy atom. The number of hydrogen-bond donors (Lipinski definition) is 2. The SMILES string of the molecule is COc1ccc([N+](=O)[O-])cc1NC(=O)[C@@H](C)Nc1ccc2c(c1)OCCO2. The van der Waals surface area contributed by atoms with Crippen molar-refractivity contribution in [3.8, 4) is 17.2 Å². The van der Waals surface area contributed by atoms with Gasteiger partial charge in [0.1, 0.15) is 25.0 Å². The van der Waals surface area contributed by atoms with Crippen molar-refractivity contribution < 1.29 is 23.9 Å². The number of rotatable bonds is 6. The molecule has 0 saturated heterocycles. The highest BCUT2D eigenvalue weighted by Crippen LogP contribution is 2.33. The Kier molecular flexibility index (Phi) is 5.30. The number of benzene rings is 2. The van der Waals surface area contributed by atoms with Gasteiger partial charge in [-0.25, -0.2) is 0 Å². The molecule has 2 aromatic rings. The number of nitro groups is 1. The van der Waals surface area contributed by atoms with Crippen LogP contribution in [0.5, 0.6) is 17.2 Å². The van der Waals surface area contributed by atoms with Gasteiger partial charge in [0.25, 0.3) is 5.69 Å². The molecule has 0 aromatic heterocycles. The van der Waals surface area contributed by atoms with Gasteiger partial charge in [-0.05, 0) is 25.1 Å². The molecule has 9 nitrogen and oxygen atoms in total. The number of hydrogen-bond acceptors (Lipinski definition) is 7. The molecule has 2 N–H and O–H groups in total. The predicted octanol–water partition coefficient (Wildman–Crippen LogP) is 2.81. The molecule has 2 aromatic carbocycles. The van der Waals surface area contributed by atoms with E-state index in [0.29, 0.717) is 36.1 Å². The number of carbonyl (C=O) groups excluding carboxylic acids is 1. The molecule has 0 saturated carbocycles. The molecule has 0 fully saturated rings. The lowest BCUT2D eigenvalue weighted by atomic mass is 10.2. The van der Waals surface area contributed by atoms with Crippen LogP contribution >= 0.6 is 0 Å². The molecule has 1 aliphatic rings. The number of ether oxygens (including phenoxy) is 3. The fourth-order valence-electron chi connectivity index (χ4n) is 2.60. The topological polar surface area (TPSA) is 112 Å². The van der Waals surface area contributed by atoms with E-state index in [0.717, 1.165) is 0 Å². The molecule has 9 heteroatoms. The summed E-state index contributed by atoms with van der Waals surface area (Å²) < 4.78 is 16.1. The number of nitrogens with zero attached hydrogens (tertiary/aromatic N) is 1. The first-order chi connectivity index (χ1) is 13.0. The smallest absolute Gasteiger partial charge is 0.271 e. The average Bonchev–Trinajstić information content (AvgIpc) is 2.67. The molecule has 3 rings (SSSR count). The maximum absolute atomic E-state index is 12.5. The van der Waals surface area contributed by atoms with Crippen molar-refractivity contribution in [2.75, 3.05) is 31.0 Å². The normalized spacial score (nSPS) is 13.4. The molecule has 142 valence electrons. The molecule has 0 aliphatic carbocycles. The van der Waals surface area contributed by atoms with Crippen LogP contribution in [0.3, 0.4) is 0 Å². The largest absolute Gasteiger partial charge is 0.495 e. The van der Waals surface area contributed by atoms with Crippen molar-refractivity contribution in [2.45, 2.75) is 13.0 Å². The molecule has 1 atom stereocenters. The summed E-state index contributed by atoms with van der Waals surface area (Å²) in [5.74, 6) is 1.23. The van der Waals surface area contributed by atoms with Crippen LogP contribution in [0.25, 0.3) is 0 Å². The van der Waals surface area contributed by atoms with Gasteiger partial charge in [-0.3, -0.25) is 14.9 Å². The lowest BCUT2D eigenvalue weighted by Crippen LogP contribution is -2.32. The van der Waals surface area contributed by atoms with Crippen LogP contribution in [-0.4, -0.2) is 37.2 Å². The molecule has 0 bridgehead atoms. The molecular weight excluding hydrogens is 354 g/mol. The first-order valence-electron chi connectivity index (χ1n) is 8.27. The zero-order chi connectivity index (χ0) is 19.4. The van der Waals surface area contributed by atoms with E-state index in [4.69, 9.17) is 14.2 Å². The molecule has 1 amide bonds. The second-order valence-corrected chi connectivity index (χ2v) is 5.86. The van der Waals surface area contributed by atoms with Crippen LogP contribution < -0.4 is 24.8 Å². The van der Waals surface area contributed by atoms with Crippen molar-refractivity contribution in [1.82, 2.24) is 0 Å². The highest BCUT2D eigenvalue weighted by molar-refractivity contribution is 5.97. The van der Waals surface area contributed by atoms with Crippen LogP contribution in [0, 0.1) is 10.1 Å². The Bertz CT molecular complexity index is 870. The number of non-ortho nitro benzene ring substituents is 1. The minimum atomic E-state index is -0.614. The van der Waals surface area contributed by atoms with E-state index in [1.807, 2.05) is 0 Å². The van der Waals surface area contributed by atoms with E-state index in [-0.39, 0.29) is 17.3 Å². The quantitative estimate of drug-likeness (QED) is 0.591. The summed E-state index contributed by atoms with van der Waals surface area (Å²) in [6.45, 7) is 2.65. The van der Waals surface area contributed by atoms with Gasteiger partial charge >= 0.3 is 0 Å². The third-order valence-electron chi connectivity index (χ3n) is 3.97. The Morgan fingerprint density at radius 1 is 1.19 bits per heavy atom. The van der Waals surface area contributed by atoms with Crippen LogP contribution in [-0.2, 0) is 4.79 Å². The summed E-state index contributed by atoms with van der Waals surface area (Å²) >= 11 is 0. The van der Waals surface area contributed by atoms with Gasteiger partial charge in [-0.15, -0.1) is 0 Å². The summed E-state index contributed by atoms with van der Waals surface area (Å²) in [4.78, 5) is 22.9. The van der Waals surface area contributed by atoms with Gasteiger partial charge in [-0.2, -0.15) is 0 Å². The van der Waals surface area contributed by atoms with Gasteiger partial charge in [0.05, 0.1) is 17.7 Å². The minimum absolute atomic E-state index is 0.140. The predicted molar refractivity (Wildman–Crippen MR) is 98.8 cm³/mol. The van der Waals surface area contributed by atoms with Crippen LogP contribution in [0.1, 0.15) is 6.92 Å². The number of carbonyl (C=O) groups is 1. The summed E-state index contributed by atoms with van der Waals surface area (Å²) in [5.41, 5.74) is 0.777. The standard InChI is InChI=1S/C18H19N3O6/c1-11(19-12-3-5-16-17(9-12)27-8-7-26-16)18(22)20-14-10-13(21(23)24)4-6-15(14)25-2/h3-6,9-11,19H,7-8H2,1-2H3,(H,20,22)/t11-/m1/s1. The maximum atomic E-state index is 12.5. The van der Waals surface area contributed by atoms with Gasteiger partial charge < -0.3 is 24.8 Å². The van der Waals surface area contributed by atoms with Crippen LogP contribution in [0.2, 0.25) is 0 Å². The minimum Gasteiger partial charge on any atom is -0.495 e. The molecule has 0 radical (unpaired) electrons. The van der Waals surface area contributed by atoms with E-state index >= 15 is 0 Å². The van der Waals surface area contributed by atoms with Crippen molar-refractivity contribution in [2.24, 2.45) is 0 Å². The van der Waals surface area contributed by atoms with Crippen molar-refractivity contribution in [3.05, 3.63) is 46.5 Å². The first kappa shape index (κ1) is 18.3. The number of fused-ring (bicyclic) bond motifs is 1. The third-order valence-corrected chi connectivity index (χ3v) is 3.97. The zero-order valence-electron chi connectivity index (χ0n) is 14.9. The molecular formula is C18H19N3O6. The lowest BCUT2D eigenvalue weighted by Gasteiger charge is -2.21. The summed E-state index contributed by atoms with van der Waals surface area (Å²) in [6.07, 6.45) is 0. The second kappa shape index (κ2) is 7.81. The van der Waals surface area contributed by atoms with Gasteiger partial charge in [0.2, 0.25) is 5.91 Å². The molecule has 0 spiro atoms. The summed E-state index contributed by atoms with van der Waals surface area (Å²) in [6, 6.07) is 8.70. The monoisotopic (exact) mass is 373 g/mol. The zero-order valence-corrected chi connectivity index (χ0v) is 14.9.